The molecule has 0 spiro atoms. The van der Waals surface area contributed by atoms with Crippen LogP contribution in [0.2, 0.25) is 5.02 Å². The monoisotopic (exact) mass is 261 g/mol. The van der Waals surface area contributed by atoms with E-state index in [0.717, 1.165) is 0 Å². The highest BCUT2D eigenvalue weighted by Crippen LogP contribution is 2.32. The average Bonchev–Trinajstić information content (AvgIpc) is 2.38. The van der Waals surface area contributed by atoms with Gasteiger partial charge in [-0.1, -0.05) is 48.0 Å². The van der Waals surface area contributed by atoms with Crippen molar-refractivity contribution in [2.24, 2.45) is 4.99 Å². The zero-order chi connectivity index (χ0) is 13.0. The van der Waals surface area contributed by atoms with Gasteiger partial charge in [-0.2, -0.15) is 4.99 Å². The second-order valence-corrected chi connectivity index (χ2v) is 4.08. The molecule has 2 nitrogen and oxygen atoms in total. The van der Waals surface area contributed by atoms with Gasteiger partial charge in [-0.05, 0) is 17.7 Å². The zero-order valence-electron chi connectivity index (χ0n) is 9.31. The standard InChI is InChI=1S/C14H9ClFNO/c15-11-7-4-8-12(16)13(11)14(17-9-18)10-5-2-1-3-6-10/h1-8,14H. The van der Waals surface area contributed by atoms with Crippen LogP contribution in [-0.4, -0.2) is 6.08 Å². The number of benzene rings is 2. The lowest BCUT2D eigenvalue weighted by molar-refractivity contribution is 0.558. The summed E-state index contributed by atoms with van der Waals surface area (Å²) in [4.78, 5) is 14.2. The van der Waals surface area contributed by atoms with E-state index in [2.05, 4.69) is 4.99 Å². The lowest BCUT2D eigenvalue weighted by atomic mass is 9.99. The van der Waals surface area contributed by atoms with Crippen molar-refractivity contribution in [3.63, 3.8) is 0 Å². The second kappa shape index (κ2) is 5.58. The van der Waals surface area contributed by atoms with Gasteiger partial charge in [0, 0.05) is 10.6 Å². The van der Waals surface area contributed by atoms with E-state index in [4.69, 9.17) is 11.6 Å². The molecule has 0 saturated carbocycles. The molecule has 0 aliphatic heterocycles. The van der Waals surface area contributed by atoms with Crippen LogP contribution in [0.3, 0.4) is 0 Å². The summed E-state index contributed by atoms with van der Waals surface area (Å²) in [5.74, 6) is -0.490. The maximum Gasteiger partial charge on any atom is 0.235 e. The Morgan fingerprint density at radius 3 is 2.44 bits per heavy atom. The second-order valence-electron chi connectivity index (χ2n) is 3.67. The predicted octanol–water partition coefficient (Wildman–Crippen LogP) is 3.90. The number of aliphatic imine (C=N–C) groups is 1. The van der Waals surface area contributed by atoms with Crippen LogP contribution in [0.4, 0.5) is 4.39 Å². The molecular weight excluding hydrogens is 253 g/mol. The highest BCUT2D eigenvalue weighted by Gasteiger charge is 2.20. The van der Waals surface area contributed by atoms with Crippen LogP contribution in [0, 0.1) is 5.82 Å². The summed E-state index contributed by atoms with van der Waals surface area (Å²) < 4.78 is 13.8. The number of halogens is 2. The molecule has 1 atom stereocenters. The van der Waals surface area contributed by atoms with Crippen molar-refractivity contribution in [2.75, 3.05) is 0 Å². The van der Waals surface area contributed by atoms with Gasteiger partial charge in [0.25, 0.3) is 0 Å². The van der Waals surface area contributed by atoms with Crippen LogP contribution < -0.4 is 0 Å². The molecule has 0 aliphatic rings. The average molecular weight is 262 g/mol. The Balaban J connectivity index is 2.59. The zero-order valence-corrected chi connectivity index (χ0v) is 10.1. The van der Waals surface area contributed by atoms with Crippen LogP contribution in [0.1, 0.15) is 17.2 Å². The predicted molar refractivity (Wildman–Crippen MR) is 67.8 cm³/mol. The minimum absolute atomic E-state index is 0.189. The maximum absolute atomic E-state index is 13.8. The van der Waals surface area contributed by atoms with Crippen molar-refractivity contribution in [3.8, 4) is 0 Å². The maximum atomic E-state index is 13.8. The molecule has 0 bridgehead atoms. The molecule has 0 heterocycles. The van der Waals surface area contributed by atoms with Crippen LogP contribution in [0.15, 0.2) is 53.5 Å². The van der Waals surface area contributed by atoms with Gasteiger partial charge in [0.05, 0.1) is 0 Å². The van der Waals surface area contributed by atoms with Gasteiger partial charge in [0.2, 0.25) is 6.08 Å². The van der Waals surface area contributed by atoms with Crippen molar-refractivity contribution in [1.82, 2.24) is 0 Å². The van der Waals surface area contributed by atoms with E-state index in [0.29, 0.717) is 5.56 Å². The fraction of sp³-hybridized carbons (Fsp3) is 0.0714. The van der Waals surface area contributed by atoms with E-state index >= 15 is 0 Å². The Morgan fingerprint density at radius 2 is 1.83 bits per heavy atom. The van der Waals surface area contributed by atoms with Crippen molar-refractivity contribution < 1.29 is 9.18 Å². The summed E-state index contributed by atoms with van der Waals surface area (Å²) in [5, 5.41) is 0.239. The molecule has 0 N–H and O–H groups in total. The summed E-state index contributed by atoms with van der Waals surface area (Å²) in [5.41, 5.74) is 0.876. The fourth-order valence-electron chi connectivity index (χ4n) is 1.77. The van der Waals surface area contributed by atoms with E-state index in [-0.39, 0.29) is 10.6 Å². The molecule has 0 aromatic heterocycles. The first kappa shape index (κ1) is 12.5. The van der Waals surface area contributed by atoms with Gasteiger partial charge in [0.1, 0.15) is 11.9 Å². The van der Waals surface area contributed by atoms with Crippen molar-refractivity contribution in [1.29, 1.82) is 0 Å². The third-order valence-electron chi connectivity index (χ3n) is 2.57. The Morgan fingerprint density at radius 1 is 1.11 bits per heavy atom. The number of hydrogen-bond donors (Lipinski definition) is 0. The molecule has 2 rings (SSSR count). The molecule has 4 heteroatoms. The Labute approximate surface area is 109 Å². The highest BCUT2D eigenvalue weighted by atomic mass is 35.5. The molecule has 2 aromatic rings. The lowest BCUT2D eigenvalue weighted by Crippen LogP contribution is -2.02. The summed E-state index contributed by atoms with van der Waals surface area (Å²) in [6, 6.07) is 12.5. The molecule has 0 radical (unpaired) electrons. The SMILES string of the molecule is O=C=NC(c1ccccc1)c1c(F)cccc1Cl. The molecule has 0 amide bonds. The molecule has 0 saturated heterocycles. The van der Waals surface area contributed by atoms with Gasteiger partial charge in [-0.3, -0.25) is 0 Å². The third-order valence-corrected chi connectivity index (χ3v) is 2.90. The smallest absolute Gasteiger partial charge is 0.211 e. The van der Waals surface area contributed by atoms with Gasteiger partial charge in [0.15, 0.2) is 0 Å². The summed E-state index contributed by atoms with van der Waals surface area (Å²) in [7, 11) is 0. The summed E-state index contributed by atoms with van der Waals surface area (Å²) in [6.07, 6.45) is 1.47. The highest BCUT2D eigenvalue weighted by molar-refractivity contribution is 6.31. The van der Waals surface area contributed by atoms with Gasteiger partial charge in [-0.15, -0.1) is 0 Å². The first-order valence-electron chi connectivity index (χ1n) is 5.30. The molecule has 1 unspecified atom stereocenters. The Kier molecular flexibility index (Phi) is 3.88. The molecule has 0 aliphatic carbocycles. The molecular formula is C14H9ClFNO. The first-order valence-corrected chi connectivity index (χ1v) is 5.67. The quantitative estimate of drug-likeness (QED) is 0.608. The fourth-order valence-corrected chi connectivity index (χ4v) is 2.03. The van der Waals surface area contributed by atoms with Crippen LogP contribution in [-0.2, 0) is 4.79 Å². The number of carbonyl (C=O) groups excluding carboxylic acids is 1. The normalized spacial score (nSPS) is 11.7. The largest absolute Gasteiger partial charge is 0.235 e. The van der Waals surface area contributed by atoms with Gasteiger partial charge >= 0.3 is 0 Å². The number of hydrogen-bond acceptors (Lipinski definition) is 2. The topological polar surface area (TPSA) is 29.4 Å². The van der Waals surface area contributed by atoms with E-state index in [1.807, 2.05) is 6.07 Å². The minimum Gasteiger partial charge on any atom is -0.211 e. The summed E-state index contributed by atoms with van der Waals surface area (Å²) >= 11 is 5.98. The molecule has 2 aromatic carbocycles. The minimum atomic E-state index is -0.766. The van der Waals surface area contributed by atoms with E-state index < -0.39 is 11.9 Å². The van der Waals surface area contributed by atoms with Crippen molar-refractivity contribution >= 4 is 17.7 Å². The van der Waals surface area contributed by atoms with E-state index in [1.54, 1.807) is 30.3 Å². The number of nitrogens with zero attached hydrogens (tertiary/aromatic N) is 1. The van der Waals surface area contributed by atoms with Crippen LogP contribution >= 0.6 is 11.6 Å². The molecule has 18 heavy (non-hydrogen) atoms. The van der Waals surface area contributed by atoms with Crippen LogP contribution in [0.5, 0.6) is 0 Å². The summed E-state index contributed by atoms with van der Waals surface area (Å²) in [6.45, 7) is 0. The van der Waals surface area contributed by atoms with Crippen LogP contribution in [0.25, 0.3) is 0 Å². The van der Waals surface area contributed by atoms with E-state index in [1.165, 1.54) is 18.2 Å². The lowest BCUT2D eigenvalue weighted by Gasteiger charge is -2.13. The number of isocyanates is 1. The van der Waals surface area contributed by atoms with Gasteiger partial charge < -0.3 is 0 Å². The molecule has 90 valence electrons. The van der Waals surface area contributed by atoms with Gasteiger partial charge in [-0.25, -0.2) is 9.18 Å². The number of rotatable bonds is 3. The molecule has 0 fully saturated rings. The third kappa shape index (κ3) is 2.48. The Bertz CT molecular complexity index is 574. The first-order chi connectivity index (χ1) is 8.74. The van der Waals surface area contributed by atoms with Crippen molar-refractivity contribution in [3.05, 3.63) is 70.5 Å². The van der Waals surface area contributed by atoms with Crippen molar-refractivity contribution in [2.45, 2.75) is 6.04 Å². The van der Waals surface area contributed by atoms with E-state index in [9.17, 15) is 9.18 Å². The Hall–Kier alpha value is -1.96.